The lowest BCUT2D eigenvalue weighted by molar-refractivity contribution is -0.127. The number of hydrogen-bond acceptors (Lipinski definition) is 5. The third kappa shape index (κ3) is 4.69. The van der Waals surface area contributed by atoms with Crippen LogP contribution in [0.1, 0.15) is 5.56 Å². The zero-order chi connectivity index (χ0) is 20.3. The minimum atomic E-state index is -3.55. The van der Waals surface area contributed by atoms with Gasteiger partial charge < -0.3 is 14.8 Å². The average molecular weight is 425 g/mol. The molecule has 150 valence electrons. The van der Waals surface area contributed by atoms with Crippen molar-refractivity contribution in [3.8, 4) is 11.5 Å². The molecule has 1 amide bonds. The number of para-hydroxylation sites is 1. The Kier molecular flexibility index (Phi) is 6.00. The number of ether oxygens (including phenoxy) is 2. The van der Waals surface area contributed by atoms with E-state index < -0.39 is 22.0 Å². The van der Waals surface area contributed by atoms with Gasteiger partial charge in [-0.15, -0.1) is 0 Å². The van der Waals surface area contributed by atoms with E-state index in [0.717, 1.165) is 11.8 Å². The van der Waals surface area contributed by atoms with Crippen molar-refractivity contribution in [2.75, 3.05) is 30.3 Å². The first-order valence-corrected chi connectivity index (χ1v) is 10.9. The van der Waals surface area contributed by atoms with Crippen LogP contribution >= 0.6 is 11.6 Å². The minimum absolute atomic E-state index is 0.0908. The lowest BCUT2D eigenvalue weighted by Gasteiger charge is -2.34. The van der Waals surface area contributed by atoms with Gasteiger partial charge in [-0.25, -0.2) is 8.42 Å². The van der Waals surface area contributed by atoms with Gasteiger partial charge in [0, 0.05) is 0 Å². The highest BCUT2D eigenvalue weighted by atomic mass is 35.5. The van der Waals surface area contributed by atoms with Crippen LogP contribution in [0, 0.1) is 6.92 Å². The maximum absolute atomic E-state index is 12.5. The van der Waals surface area contributed by atoms with E-state index in [1.807, 2.05) is 6.92 Å². The van der Waals surface area contributed by atoms with Crippen LogP contribution < -0.4 is 19.1 Å². The van der Waals surface area contributed by atoms with Crippen LogP contribution in [-0.4, -0.2) is 46.4 Å². The molecular weight excluding hydrogens is 404 g/mol. The average Bonchev–Trinajstić information content (AvgIpc) is 2.64. The summed E-state index contributed by atoms with van der Waals surface area (Å²) in [5.74, 6) is 0.470. The lowest BCUT2D eigenvalue weighted by Crippen LogP contribution is -2.51. The van der Waals surface area contributed by atoms with Gasteiger partial charge in [0.2, 0.25) is 10.0 Å². The molecule has 0 saturated heterocycles. The molecule has 0 aliphatic carbocycles. The van der Waals surface area contributed by atoms with Crippen LogP contribution in [0.5, 0.6) is 11.5 Å². The van der Waals surface area contributed by atoms with Crippen molar-refractivity contribution in [3.63, 3.8) is 0 Å². The molecule has 0 saturated carbocycles. The highest BCUT2D eigenvalue weighted by Gasteiger charge is 2.34. The van der Waals surface area contributed by atoms with Gasteiger partial charge in [-0.3, -0.25) is 9.10 Å². The number of sulfonamides is 1. The van der Waals surface area contributed by atoms with Crippen molar-refractivity contribution < 1.29 is 22.7 Å². The van der Waals surface area contributed by atoms with Gasteiger partial charge in [0.05, 0.1) is 30.1 Å². The Hall–Kier alpha value is -2.45. The molecule has 1 heterocycles. The summed E-state index contributed by atoms with van der Waals surface area (Å²) in [5.41, 5.74) is 1.34. The summed E-state index contributed by atoms with van der Waals surface area (Å²) in [7, 11) is -3.55. The molecule has 0 aromatic heterocycles. The Morgan fingerprint density at radius 3 is 2.79 bits per heavy atom. The molecule has 7 nitrogen and oxygen atoms in total. The van der Waals surface area contributed by atoms with E-state index in [1.165, 1.54) is 4.31 Å². The van der Waals surface area contributed by atoms with E-state index in [0.29, 0.717) is 22.2 Å². The van der Waals surface area contributed by atoms with E-state index in [9.17, 15) is 13.2 Å². The van der Waals surface area contributed by atoms with Gasteiger partial charge in [0.1, 0.15) is 18.1 Å². The van der Waals surface area contributed by atoms with Gasteiger partial charge >= 0.3 is 0 Å². The molecule has 9 heteroatoms. The number of carbonyl (C=O) groups is 1. The number of aryl methyl sites for hydroxylation is 1. The fourth-order valence-corrected chi connectivity index (χ4v) is 3.92. The number of carbonyl (C=O) groups excluding carboxylic acids is 1. The van der Waals surface area contributed by atoms with Crippen molar-refractivity contribution in [2.24, 2.45) is 0 Å². The molecule has 28 heavy (non-hydrogen) atoms. The molecule has 0 unspecified atom stereocenters. The fraction of sp³-hybridized carbons (Fsp3) is 0.316. The third-order valence-electron chi connectivity index (χ3n) is 4.17. The summed E-state index contributed by atoms with van der Waals surface area (Å²) >= 11 is 6.01. The zero-order valence-corrected chi connectivity index (χ0v) is 17.1. The van der Waals surface area contributed by atoms with Crippen LogP contribution in [-0.2, 0) is 14.8 Å². The number of amides is 1. The van der Waals surface area contributed by atoms with Gasteiger partial charge in [-0.2, -0.15) is 0 Å². The number of rotatable bonds is 6. The Morgan fingerprint density at radius 2 is 2.07 bits per heavy atom. The number of nitrogens with zero attached hydrogens (tertiary/aromatic N) is 1. The largest absolute Gasteiger partial charge is 0.490 e. The molecule has 1 atom stereocenters. The fourth-order valence-electron chi connectivity index (χ4n) is 2.82. The third-order valence-corrected chi connectivity index (χ3v) is 5.63. The van der Waals surface area contributed by atoms with Crippen LogP contribution in [0.2, 0.25) is 5.02 Å². The van der Waals surface area contributed by atoms with Gasteiger partial charge in [0.15, 0.2) is 6.10 Å². The molecule has 0 bridgehead atoms. The summed E-state index contributed by atoms with van der Waals surface area (Å²) < 4.78 is 36.8. The molecule has 1 aliphatic heterocycles. The van der Waals surface area contributed by atoms with Crippen molar-refractivity contribution in [2.45, 2.75) is 13.0 Å². The second kappa shape index (κ2) is 8.28. The summed E-state index contributed by atoms with van der Waals surface area (Å²) in [4.78, 5) is 12.5. The number of halogens is 1. The first-order valence-electron chi connectivity index (χ1n) is 8.66. The van der Waals surface area contributed by atoms with E-state index >= 15 is 0 Å². The predicted octanol–water partition coefficient (Wildman–Crippen LogP) is 2.37. The first-order chi connectivity index (χ1) is 13.3. The standard InChI is InChI=1S/C19H21ClN2O5S/c1-13-7-8-17-15(11-13)22(28(2,24)25)12-18(27-17)19(23)21-9-10-26-16-6-4-3-5-14(16)20/h3-8,11,18H,9-10,12H2,1-2H3,(H,21,23)/t18-/m0/s1. The molecule has 3 rings (SSSR count). The SMILES string of the molecule is Cc1ccc2c(c1)N(S(C)(=O)=O)C[C@@H](C(=O)NCCOc1ccccc1Cl)O2. The van der Waals surface area contributed by atoms with Crippen LogP contribution in [0.3, 0.4) is 0 Å². The summed E-state index contributed by atoms with van der Waals surface area (Å²) in [5, 5.41) is 3.19. The predicted molar refractivity (Wildman–Crippen MR) is 108 cm³/mol. The first kappa shape index (κ1) is 20.3. The van der Waals surface area contributed by atoms with Crippen LogP contribution in [0.25, 0.3) is 0 Å². The van der Waals surface area contributed by atoms with Gasteiger partial charge in [0.25, 0.3) is 5.91 Å². The van der Waals surface area contributed by atoms with Gasteiger partial charge in [-0.05, 0) is 36.8 Å². The van der Waals surface area contributed by atoms with Crippen molar-refractivity contribution in [1.29, 1.82) is 0 Å². The molecule has 0 fully saturated rings. The molecule has 1 N–H and O–H groups in total. The summed E-state index contributed by atoms with van der Waals surface area (Å²) in [6.45, 7) is 2.21. The van der Waals surface area contributed by atoms with Crippen molar-refractivity contribution >= 4 is 33.2 Å². The summed E-state index contributed by atoms with van der Waals surface area (Å²) in [6.07, 6.45) is 0.154. The maximum Gasteiger partial charge on any atom is 0.263 e. The Balaban J connectivity index is 1.63. The number of hydrogen-bond donors (Lipinski definition) is 1. The molecule has 2 aromatic carbocycles. The number of nitrogens with one attached hydrogen (secondary N) is 1. The topological polar surface area (TPSA) is 84.9 Å². The Labute approximate surface area is 169 Å². The molecule has 2 aromatic rings. The van der Waals surface area contributed by atoms with Crippen LogP contribution in [0.15, 0.2) is 42.5 Å². The second-order valence-electron chi connectivity index (χ2n) is 6.44. The molecule has 0 radical (unpaired) electrons. The summed E-state index contributed by atoms with van der Waals surface area (Å²) in [6, 6.07) is 12.2. The highest BCUT2D eigenvalue weighted by Crippen LogP contribution is 2.35. The van der Waals surface area contributed by atoms with Crippen molar-refractivity contribution in [1.82, 2.24) is 5.32 Å². The van der Waals surface area contributed by atoms with E-state index in [2.05, 4.69) is 5.32 Å². The molecule has 1 aliphatic rings. The monoisotopic (exact) mass is 424 g/mol. The normalized spacial score (nSPS) is 16.1. The second-order valence-corrected chi connectivity index (χ2v) is 8.76. The van der Waals surface area contributed by atoms with E-state index in [4.69, 9.17) is 21.1 Å². The molecular formula is C19H21ClN2O5S. The van der Waals surface area contributed by atoms with E-state index in [1.54, 1.807) is 42.5 Å². The maximum atomic E-state index is 12.5. The lowest BCUT2D eigenvalue weighted by atomic mass is 10.1. The van der Waals surface area contributed by atoms with E-state index in [-0.39, 0.29) is 19.7 Å². The quantitative estimate of drug-likeness (QED) is 0.719. The minimum Gasteiger partial charge on any atom is -0.490 e. The Bertz CT molecular complexity index is 980. The van der Waals surface area contributed by atoms with Gasteiger partial charge in [-0.1, -0.05) is 29.8 Å². The highest BCUT2D eigenvalue weighted by molar-refractivity contribution is 7.92. The smallest absolute Gasteiger partial charge is 0.263 e. The Morgan fingerprint density at radius 1 is 1.32 bits per heavy atom. The number of anilines is 1. The van der Waals surface area contributed by atoms with Crippen LogP contribution in [0.4, 0.5) is 5.69 Å². The van der Waals surface area contributed by atoms with Crippen molar-refractivity contribution in [3.05, 3.63) is 53.1 Å². The zero-order valence-electron chi connectivity index (χ0n) is 15.5. The molecule has 0 spiro atoms. The number of fused-ring (bicyclic) bond motifs is 1. The number of benzene rings is 2.